The molecule has 1 nitrogen and oxygen atoms in total. The molecular formula is C9H9NS. The topological polar surface area (TPSA) is 23.8 Å². The van der Waals surface area contributed by atoms with Gasteiger partial charge >= 0.3 is 0 Å². The average molecular weight is 163 g/mol. The van der Waals surface area contributed by atoms with Crippen LogP contribution in [0.4, 0.5) is 0 Å². The molecule has 0 aliphatic carbocycles. The highest BCUT2D eigenvalue weighted by Gasteiger charge is 1.92. The molecule has 1 aromatic rings. The van der Waals surface area contributed by atoms with Crippen molar-refractivity contribution in [1.29, 1.82) is 5.26 Å². The Balaban J connectivity index is 2.65. The first-order chi connectivity index (χ1) is 5.34. The molecule has 0 bridgehead atoms. The molecule has 0 atom stereocenters. The summed E-state index contributed by atoms with van der Waals surface area (Å²) < 4.78 is 0. The number of allylic oxidation sites excluding steroid dienone is 1. The summed E-state index contributed by atoms with van der Waals surface area (Å²) in [4.78, 5) is 1.25. The molecule has 56 valence electrons. The first-order valence-electron chi connectivity index (χ1n) is 3.42. The third-order valence-electron chi connectivity index (χ3n) is 1.38. The zero-order valence-electron chi connectivity index (χ0n) is 6.37. The molecule has 0 radical (unpaired) electrons. The van der Waals surface area contributed by atoms with E-state index in [0.717, 1.165) is 0 Å². The molecule has 0 spiro atoms. The van der Waals surface area contributed by atoms with Crippen molar-refractivity contribution in [2.24, 2.45) is 0 Å². The lowest BCUT2D eigenvalue weighted by molar-refractivity contribution is 1.36. The Hall–Kier alpha value is -1.07. The van der Waals surface area contributed by atoms with Crippen LogP contribution in [0.15, 0.2) is 17.5 Å². The Kier molecular flexibility index (Phi) is 2.88. The van der Waals surface area contributed by atoms with E-state index >= 15 is 0 Å². The summed E-state index contributed by atoms with van der Waals surface area (Å²) >= 11 is 1.70. The highest BCUT2D eigenvalue weighted by molar-refractivity contribution is 7.11. The van der Waals surface area contributed by atoms with Crippen LogP contribution in [-0.2, 0) is 0 Å². The highest BCUT2D eigenvalue weighted by atomic mass is 32.1. The van der Waals surface area contributed by atoms with Gasteiger partial charge in [-0.05, 0) is 30.0 Å². The predicted molar refractivity (Wildman–Crippen MR) is 48.3 cm³/mol. The molecule has 0 saturated heterocycles. The minimum Gasteiger partial charge on any atom is -0.198 e. The summed E-state index contributed by atoms with van der Waals surface area (Å²) in [5, 5.41) is 10.3. The van der Waals surface area contributed by atoms with Gasteiger partial charge in [-0.2, -0.15) is 5.26 Å². The smallest absolute Gasteiger partial charge is 0.0663 e. The van der Waals surface area contributed by atoms with Gasteiger partial charge in [-0.15, -0.1) is 11.3 Å². The van der Waals surface area contributed by atoms with Crippen LogP contribution in [0.25, 0.3) is 6.08 Å². The van der Waals surface area contributed by atoms with Crippen LogP contribution in [0.3, 0.4) is 0 Å². The zero-order chi connectivity index (χ0) is 8.10. The van der Waals surface area contributed by atoms with E-state index in [1.807, 2.05) is 12.2 Å². The van der Waals surface area contributed by atoms with Gasteiger partial charge in [0.25, 0.3) is 0 Å². The van der Waals surface area contributed by atoms with Crippen molar-refractivity contribution in [2.75, 3.05) is 0 Å². The van der Waals surface area contributed by atoms with E-state index in [-0.39, 0.29) is 0 Å². The number of thiophene rings is 1. The van der Waals surface area contributed by atoms with Gasteiger partial charge in [0.1, 0.15) is 0 Å². The molecule has 1 heterocycles. The number of rotatable bonds is 2. The van der Waals surface area contributed by atoms with E-state index in [4.69, 9.17) is 5.26 Å². The molecule has 2 heteroatoms. The molecule has 0 aliphatic heterocycles. The monoisotopic (exact) mass is 163 g/mol. The summed E-state index contributed by atoms with van der Waals surface area (Å²) in [7, 11) is 0. The van der Waals surface area contributed by atoms with Gasteiger partial charge in [0.15, 0.2) is 0 Å². The van der Waals surface area contributed by atoms with E-state index in [2.05, 4.69) is 24.4 Å². The SMILES string of the molecule is Cc1ccsc1C=CCC#N. The fourth-order valence-corrected chi connectivity index (χ4v) is 1.62. The number of aryl methyl sites for hydroxylation is 1. The first-order valence-corrected chi connectivity index (χ1v) is 4.30. The van der Waals surface area contributed by atoms with Crippen molar-refractivity contribution in [3.63, 3.8) is 0 Å². The number of nitriles is 1. The van der Waals surface area contributed by atoms with E-state index in [9.17, 15) is 0 Å². The molecule has 0 N–H and O–H groups in total. The Bertz CT molecular complexity index is 291. The van der Waals surface area contributed by atoms with Crippen LogP contribution in [0.5, 0.6) is 0 Å². The predicted octanol–water partition coefficient (Wildman–Crippen LogP) is 2.98. The van der Waals surface area contributed by atoms with Crippen LogP contribution < -0.4 is 0 Å². The lowest BCUT2D eigenvalue weighted by Crippen LogP contribution is -1.66. The van der Waals surface area contributed by atoms with E-state index in [1.54, 1.807) is 11.3 Å². The number of nitrogens with zero attached hydrogens (tertiary/aromatic N) is 1. The van der Waals surface area contributed by atoms with Crippen molar-refractivity contribution in [3.05, 3.63) is 28.0 Å². The van der Waals surface area contributed by atoms with Crippen molar-refractivity contribution in [2.45, 2.75) is 13.3 Å². The fraction of sp³-hybridized carbons (Fsp3) is 0.222. The minimum absolute atomic E-state index is 0.497. The Morgan fingerprint density at radius 1 is 1.73 bits per heavy atom. The second-order valence-electron chi connectivity index (χ2n) is 2.23. The lowest BCUT2D eigenvalue weighted by Gasteiger charge is -1.85. The summed E-state index contributed by atoms with van der Waals surface area (Å²) in [6.45, 7) is 2.07. The van der Waals surface area contributed by atoms with E-state index in [0.29, 0.717) is 6.42 Å². The summed E-state index contributed by atoms with van der Waals surface area (Å²) in [6, 6.07) is 4.15. The summed E-state index contributed by atoms with van der Waals surface area (Å²) in [5.41, 5.74) is 1.28. The van der Waals surface area contributed by atoms with Gasteiger partial charge in [0.2, 0.25) is 0 Å². The van der Waals surface area contributed by atoms with Crippen molar-refractivity contribution < 1.29 is 0 Å². The van der Waals surface area contributed by atoms with Crippen LogP contribution in [-0.4, -0.2) is 0 Å². The van der Waals surface area contributed by atoms with Crippen LogP contribution >= 0.6 is 11.3 Å². The molecule has 1 rings (SSSR count). The molecule has 0 aromatic carbocycles. The average Bonchev–Trinajstić information content (AvgIpc) is 2.37. The second kappa shape index (κ2) is 3.95. The largest absolute Gasteiger partial charge is 0.198 e. The van der Waals surface area contributed by atoms with Gasteiger partial charge in [-0.1, -0.05) is 6.08 Å². The normalized spacial score (nSPS) is 10.2. The summed E-state index contributed by atoms with van der Waals surface area (Å²) in [5.74, 6) is 0. The van der Waals surface area contributed by atoms with Crippen LogP contribution in [0.1, 0.15) is 16.9 Å². The maximum Gasteiger partial charge on any atom is 0.0663 e. The molecule has 0 amide bonds. The molecular weight excluding hydrogens is 154 g/mol. The first kappa shape index (κ1) is 8.03. The lowest BCUT2D eigenvalue weighted by atomic mass is 10.2. The van der Waals surface area contributed by atoms with Crippen molar-refractivity contribution in [1.82, 2.24) is 0 Å². The fourth-order valence-electron chi connectivity index (χ4n) is 0.774. The second-order valence-corrected chi connectivity index (χ2v) is 3.18. The third kappa shape index (κ3) is 2.21. The third-order valence-corrected chi connectivity index (χ3v) is 2.36. The van der Waals surface area contributed by atoms with Crippen molar-refractivity contribution in [3.8, 4) is 6.07 Å². The molecule has 11 heavy (non-hydrogen) atoms. The number of hydrogen-bond donors (Lipinski definition) is 0. The maximum atomic E-state index is 8.27. The molecule has 0 saturated carbocycles. The Morgan fingerprint density at radius 3 is 3.09 bits per heavy atom. The zero-order valence-corrected chi connectivity index (χ0v) is 7.19. The molecule has 1 aromatic heterocycles. The van der Waals surface area contributed by atoms with Gasteiger partial charge in [0, 0.05) is 4.88 Å². The maximum absolute atomic E-state index is 8.27. The molecule has 0 fully saturated rings. The molecule has 0 unspecified atom stereocenters. The standard InChI is InChI=1S/C9H9NS/c1-8-5-7-11-9(8)4-2-3-6-10/h2,4-5,7H,3H2,1H3. The highest BCUT2D eigenvalue weighted by Crippen LogP contribution is 2.16. The van der Waals surface area contributed by atoms with Gasteiger partial charge in [-0.25, -0.2) is 0 Å². The molecule has 0 aliphatic rings. The Labute approximate surface area is 70.6 Å². The van der Waals surface area contributed by atoms with Crippen LogP contribution in [0.2, 0.25) is 0 Å². The number of hydrogen-bond acceptors (Lipinski definition) is 2. The van der Waals surface area contributed by atoms with E-state index < -0.39 is 0 Å². The van der Waals surface area contributed by atoms with Gasteiger partial charge in [-0.3, -0.25) is 0 Å². The quantitative estimate of drug-likeness (QED) is 0.657. The van der Waals surface area contributed by atoms with Gasteiger partial charge in [0.05, 0.1) is 12.5 Å². The minimum atomic E-state index is 0.497. The van der Waals surface area contributed by atoms with Gasteiger partial charge < -0.3 is 0 Å². The summed E-state index contributed by atoms with van der Waals surface area (Å²) in [6.07, 6.45) is 4.39. The Morgan fingerprint density at radius 2 is 2.55 bits per heavy atom. The van der Waals surface area contributed by atoms with Crippen LogP contribution in [0, 0.1) is 18.3 Å². The van der Waals surface area contributed by atoms with E-state index in [1.165, 1.54) is 10.4 Å². The van der Waals surface area contributed by atoms with Crippen molar-refractivity contribution >= 4 is 17.4 Å².